The molecule has 0 radical (unpaired) electrons. The van der Waals surface area contributed by atoms with E-state index in [0.717, 1.165) is 5.39 Å². The highest BCUT2D eigenvalue weighted by Crippen LogP contribution is 2.46. The van der Waals surface area contributed by atoms with Crippen LogP contribution in [0.25, 0.3) is 33.0 Å². The van der Waals surface area contributed by atoms with Gasteiger partial charge in [-0.2, -0.15) is 0 Å². The molecule has 0 nitrogen and oxygen atoms in total. The monoisotopic (exact) mass is 203 g/mol. The van der Waals surface area contributed by atoms with Crippen LogP contribution in [-0.2, 0) is 0 Å². The normalized spacial score (nSPS) is 12.6. The van der Waals surface area contributed by atoms with Crippen molar-refractivity contribution in [3.05, 3.63) is 60.6 Å². The zero-order valence-electron chi connectivity index (χ0n) is 9.70. The van der Waals surface area contributed by atoms with E-state index in [1.165, 1.54) is 27.6 Å². The molecule has 0 amide bonds. The average Bonchev–Trinajstić information content (AvgIpc) is 2.70. The SMILES string of the molecule is [2H]c1ccc2c3c(cccc13)-c1ccccc1-2. The molecular weight excluding hydrogens is 192 g/mol. The molecule has 0 spiro atoms. The molecule has 0 bridgehead atoms. The second kappa shape index (κ2) is 2.73. The highest BCUT2D eigenvalue weighted by Gasteiger charge is 2.19. The summed E-state index contributed by atoms with van der Waals surface area (Å²) in [5, 5.41) is 2.29. The summed E-state index contributed by atoms with van der Waals surface area (Å²) < 4.78 is 7.99. The average molecular weight is 203 g/mol. The van der Waals surface area contributed by atoms with Gasteiger partial charge in [-0.05, 0) is 33.0 Å². The smallest absolute Gasteiger partial charge is 0.0616 e. The van der Waals surface area contributed by atoms with E-state index < -0.39 is 0 Å². The van der Waals surface area contributed by atoms with Crippen molar-refractivity contribution in [2.45, 2.75) is 0 Å². The van der Waals surface area contributed by atoms with Gasteiger partial charge in [-0.3, -0.25) is 0 Å². The van der Waals surface area contributed by atoms with Crippen molar-refractivity contribution < 1.29 is 1.37 Å². The molecule has 0 fully saturated rings. The van der Waals surface area contributed by atoms with Crippen molar-refractivity contribution in [3.8, 4) is 22.3 Å². The fourth-order valence-electron chi connectivity index (χ4n) is 2.66. The lowest BCUT2D eigenvalue weighted by molar-refractivity contribution is 1.70. The molecule has 0 saturated heterocycles. The van der Waals surface area contributed by atoms with Crippen LogP contribution in [0.15, 0.2) is 60.6 Å². The number of hydrogen-bond acceptors (Lipinski definition) is 0. The lowest BCUT2D eigenvalue weighted by atomic mass is 10.0. The van der Waals surface area contributed by atoms with E-state index in [1.807, 2.05) is 18.2 Å². The minimum atomic E-state index is 0.610. The van der Waals surface area contributed by atoms with Gasteiger partial charge in [0.15, 0.2) is 0 Å². The summed E-state index contributed by atoms with van der Waals surface area (Å²) in [6, 6.07) is 19.3. The van der Waals surface area contributed by atoms with Crippen molar-refractivity contribution in [2.75, 3.05) is 0 Å². The Morgan fingerprint density at radius 2 is 1.25 bits per heavy atom. The zero-order valence-corrected chi connectivity index (χ0v) is 8.70. The first-order chi connectivity index (χ1) is 8.36. The summed E-state index contributed by atoms with van der Waals surface area (Å²) in [6.07, 6.45) is 0. The molecule has 0 heteroatoms. The Morgan fingerprint density at radius 1 is 0.625 bits per heavy atom. The molecule has 0 aliphatic heterocycles. The second-order valence-electron chi connectivity index (χ2n) is 4.17. The number of fused-ring (bicyclic) bond motifs is 3. The van der Waals surface area contributed by atoms with Gasteiger partial charge >= 0.3 is 0 Å². The Bertz CT molecular complexity index is 727. The maximum Gasteiger partial charge on any atom is 0.0629 e. The van der Waals surface area contributed by atoms with Crippen LogP contribution in [0.4, 0.5) is 0 Å². The van der Waals surface area contributed by atoms with Crippen molar-refractivity contribution >= 4 is 10.8 Å². The summed E-state index contributed by atoms with van der Waals surface area (Å²) in [7, 11) is 0. The molecule has 4 rings (SSSR count). The van der Waals surface area contributed by atoms with Crippen molar-refractivity contribution in [1.82, 2.24) is 0 Å². The quantitative estimate of drug-likeness (QED) is 0.395. The summed E-state index contributed by atoms with van der Waals surface area (Å²) in [4.78, 5) is 0. The fourth-order valence-corrected chi connectivity index (χ4v) is 2.66. The predicted molar refractivity (Wildman–Crippen MR) is 68.4 cm³/mol. The standard InChI is InChI=1S/C16H10/c1-2-8-13-12(7-1)14-9-3-5-11-6-4-10-15(13)16(11)14/h1-10H/i5D. The summed E-state index contributed by atoms with van der Waals surface area (Å²) in [5.41, 5.74) is 5.11. The van der Waals surface area contributed by atoms with Gasteiger partial charge in [-0.1, -0.05) is 60.6 Å². The second-order valence-corrected chi connectivity index (χ2v) is 4.17. The number of hydrogen-bond donors (Lipinski definition) is 0. The van der Waals surface area contributed by atoms with Crippen LogP contribution in [0, 0.1) is 0 Å². The molecular formula is C16H10. The predicted octanol–water partition coefficient (Wildman–Crippen LogP) is 4.49. The number of rotatable bonds is 0. The zero-order chi connectivity index (χ0) is 11.4. The van der Waals surface area contributed by atoms with Gasteiger partial charge in [0.2, 0.25) is 0 Å². The molecule has 0 heterocycles. The van der Waals surface area contributed by atoms with E-state index in [-0.39, 0.29) is 0 Å². The first kappa shape index (κ1) is 7.24. The number of benzene rings is 3. The Hall–Kier alpha value is -2.08. The molecule has 0 saturated carbocycles. The summed E-state index contributed by atoms with van der Waals surface area (Å²) in [6.45, 7) is 0. The lowest BCUT2D eigenvalue weighted by Crippen LogP contribution is -1.73. The van der Waals surface area contributed by atoms with Gasteiger partial charge in [-0.15, -0.1) is 0 Å². The van der Waals surface area contributed by atoms with E-state index >= 15 is 0 Å². The van der Waals surface area contributed by atoms with E-state index in [2.05, 4.69) is 36.4 Å². The Balaban J connectivity index is 2.30. The Kier molecular flexibility index (Phi) is 1.24. The molecule has 74 valence electrons. The molecule has 0 unspecified atom stereocenters. The highest BCUT2D eigenvalue weighted by atomic mass is 14.2. The van der Waals surface area contributed by atoms with E-state index in [0.29, 0.717) is 6.04 Å². The summed E-state index contributed by atoms with van der Waals surface area (Å²) >= 11 is 0. The molecule has 1 aliphatic carbocycles. The lowest BCUT2D eigenvalue weighted by Gasteiger charge is -2.00. The van der Waals surface area contributed by atoms with E-state index in [4.69, 9.17) is 1.37 Å². The first-order valence-corrected chi connectivity index (χ1v) is 5.48. The third kappa shape index (κ3) is 0.849. The van der Waals surface area contributed by atoms with Gasteiger partial charge in [0.05, 0.1) is 1.37 Å². The molecule has 3 aromatic rings. The van der Waals surface area contributed by atoms with Crippen molar-refractivity contribution in [3.63, 3.8) is 0 Å². The van der Waals surface area contributed by atoms with Gasteiger partial charge in [0.1, 0.15) is 0 Å². The van der Waals surface area contributed by atoms with Crippen LogP contribution >= 0.6 is 0 Å². The van der Waals surface area contributed by atoms with Crippen LogP contribution < -0.4 is 0 Å². The topological polar surface area (TPSA) is 0 Å². The minimum absolute atomic E-state index is 0.610. The van der Waals surface area contributed by atoms with Crippen molar-refractivity contribution in [2.24, 2.45) is 0 Å². The van der Waals surface area contributed by atoms with Gasteiger partial charge in [-0.25, -0.2) is 0 Å². The molecule has 0 atom stereocenters. The van der Waals surface area contributed by atoms with Crippen LogP contribution in [-0.4, -0.2) is 0 Å². The van der Waals surface area contributed by atoms with Gasteiger partial charge < -0.3 is 0 Å². The molecule has 0 aromatic heterocycles. The van der Waals surface area contributed by atoms with Gasteiger partial charge in [0.25, 0.3) is 0 Å². The molecule has 0 N–H and O–H groups in total. The molecule has 16 heavy (non-hydrogen) atoms. The van der Waals surface area contributed by atoms with E-state index in [9.17, 15) is 0 Å². The van der Waals surface area contributed by atoms with Crippen LogP contribution in [0.5, 0.6) is 0 Å². The van der Waals surface area contributed by atoms with E-state index in [1.54, 1.807) is 0 Å². The third-order valence-corrected chi connectivity index (χ3v) is 3.33. The Morgan fingerprint density at radius 3 is 2.00 bits per heavy atom. The maximum absolute atomic E-state index is 7.99. The third-order valence-electron chi connectivity index (χ3n) is 3.33. The highest BCUT2D eigenvalue weighted by molar-refractivity contribution is 6.15. The van der Waals surface area contributed by atoms with Crippen molar-refractivity contribution in [1.29, 1.82) is 0 Å². The molecule has 3 aromatic carbocycles. The van der Waals surface area contributed by atoms with Crippen LogP contribution in [0.2, 0.25) is 0 Å². The van der Waals surface area contributed by atoms with Crippen LogP contribution in [0.3, 0.4) is 0 Å². The van der Waals surface area contributed by atoms with Gasteiger partial charge in [0, 0.05) is 0 Å². The molecule has 1 aliphatic rings. The first-order valence-electron chi connectivity index (χ1n) is 5.98. The fraction of sp³-hybridized carbons (Fsp3) is 0. The Labute approximate surface area is 95.6 Å². The van der Waals surface area contributed by atoms with Crippen LogP contribution in [0.1, 0.15) is 1.37 Å². The largest absolute Gasteiger partial charge is 0.0629 e. The maximum atomic E-state index is 7.99. The minimum Gasteiger partial charge on any atom is -0.0616 e. The summed E-state index contributed by atoms with van der Waals surface area (Å²) in [5.74, 6) is 0.